The van der Waals surface area contributed by atoms with E-state index in [1.807, 2.05) is 0 Å². The predicted octanol–water partition coefficient (Wildman–Crippen LogP) is 0.956. The molecule has 0 unspecified atom stereocenters. The second-order valence-electron chi connectivity index (χ2n) is 5.05. The zero-order chi connectivity index (χ0) is 14.4. The van der Waals surface area contributed by atoms with E-state index in [0.717, 1.165) is 32.4 Å². The molecular weight excluding hydrogens is 276 g/mol. The summed E-state index contributed by atoms with van der Waals surface area (Å²) in [6.07, 6.45) is 3.39. The largest absolute Gasteiger partial charge is 0.378 e. The van der Waals surface area contributed by atoms with Gasteiger partial charge in [0.1, 0.15) is 5.69 Å². The van der Waals surface area contributed by atoms with E-state index in [1.165, 1.54) is 11.3 Å². The molecule has 2 rings (SSSR count). The number of likely N-dealkylation sites (tertiary alicyclic amines) is 1. The van der Waals surface area contributed by atoms with Crippen molar-refractivity contribution in [2.75, 3.05) is 39.0 Å². The Morgan fingerprint density at radius 1 is 1.60 bits per heavy atom. The van der Waals surface area contributed by atoms with Gasteiger partial charge in [-0.05, 0) is 26.3 Å². The number of nitrogen functional groups attached to an aromatic ring is 1. The summed E-state index contributed by atoms with van der Waals surface area (Å²) in [5, 5.41) is 4.90. The zero-order valence-electron chi connectivity index (χ0n) is 11.8. The minimum absolute atomic E-state index is 0.169. The number of amides is 1. The first kappa shape index (κ1) is 15.2. The number of thiazole rings is 1. The first-order valence-electron chi connectivity index (χ1n) is 6.94. The number of aromatic nitrogens is 1. The van der Waals surface area contributed by atoms with Gasteiger partial charge < -0.3 is 20.7 Å². The molecule has 6 nitrogen and oxygen atoms in total. The van der Waals surface area contributed by atoms with Crippen molar-refractivity contribution in [3.05, 3.63) is 11.1 Å². The predicted molar refractivity (Wildman–Crippen MR) is 79.9 cm³/mol. The molecule has 1 amide bonds. The van der Waals surface area contributed by atoms with Crippen molar-refractivity contribution in [1.82, 2.24) is 15.2 Å². The average Bonchev–Trinajstić information content (AvgIpc) is 2.87. The van der Waals surface area contributed by atoms with Gasteiger partial charge in [0.05, 0.1) is 6.10 Å². The lowest BCUT2D eigenvalue weighted by molar-refractivity contribution is 0.0117. The molecule has 7 heteroatoms. The Bertz CT molecular complexity index is 430. The lowest BCUT2D eigenvalue weighted by Crippen LogP contribution is -2.34. The molecule has 0 bridgehead atoms. The van der Waals surface area contributed by atoms with Crippen LogP contribution in [0.4, 0.5) is 5.13 Å². The molecule has 1 saturated heterocycles. The van der Waals surface area contributed by atoms with Gasteiger partial charge in [0, 0.05) is 31.6 Å². The number of nitrogens with zero attached hydrogens (tertiary/aromatic N) is 2. The van der Waals surface area contributed by atoms with Crippen molar-refractivity contribution in [3.63, 3.8) is 0 Å². The molecule has 0 aliphatic carbocycles. The van der Waals surface area contributed by atoms with Crippen LogP contribution in [-0.2, 0) is 4.74 Å². The summed E-state index contributed by atoms with van der Waals surface area (Å²) in [6.45, 7) is 3.50. The Morgan fingerprint density at radius 2 is 2.35 bits per heavy atom. The highest BCUT2D eigenvalue weighted by molar-refractivity contribution is 7.13. The molecule has 2 heterocycles. The normalized spacial score (nSPS) is 17.2. The summed E-state index contributed by atoms with van der Waals surface area (Å²) in [4.78, 5) is 17.9. The van der Waals surface area contributed by atoms with E-state index >= 15 is 0 Å². The second-order valence-corrected chi connectivity index (χ2v) is 5.94. The lowest BCUT2D eigenvalue weighted by atomic mass is 10.1. The van der Waals surface area contributed by atoms with Gasteiger partial charge in [-0.3, -0.25) is 4.79 Å². The topological polar surface area (TPSA) is 80.5 Å². The third kappa shape index (κ3) is 4.73. The van der Waals surface area contributed by atoms with Crippen molar-refractivity contribution < 1.29 is 9.53 Å². The maximum absolute atomic E-state index is 11.7. The van der Waals surface area contributed by atoms with E-state index in [0.29, 0.717) is 30.1 Å². The fourth-order valence-corrected chi connectivity index (χ4v) is 2.70. The summed E-state index contributed by atoms with van der Waals surface area (Å²) in [5.41, 5.74) is 5.88. The third-order valence-electron chi connectivity index (χ3n) is 3.38. The molecule has 0 aromatic carbocycles. The molecule has 0 radical (unpaired) electrons. The van der Waals surface area contributed by atoms with Gasteiger partial charge >= 0.3 is 0 Å². The Balaban J connectivity index is 1.54. The second kappa shape index (κ2) is 7.56. The van der Waals surface area contributed by atoms with Crippen LogP contribution in [0.15, 0.2) is 5.38 Å². The number of piperidine rings is 1. The summed E-state index contributed by atoms with van der Waals surface area (Å²) >= 11 is 1.27. The highest BCUT2D eigenvalue weighted by atomic mass is 32.1. The van der Waals surface area contributed by atoms with Crippen LogP contribution in [0.25, 0.3) is 0 Å². The fourth-order valence-electron chi connectivity index (χ4n) is 2.16. The van der Waals surface area contributed by atoms with Crippen molar-refractivity contribution in [3.8, 4) is 0 Å². The van der Waals surface area contributed by atoms with Crippen LogP contribution in [0, 0.1) is 0 Å². The standard InChI is InChI=1S/C13H22N4O2S/c1-17-6-3-10(4-7-17)19-8-2-5-15-12(18)11-9-20-13(14)16-11/h9-10H,2-8H2,1H3,(H2,14,16)(H,15,18). The third-order valence-corrected chi connectivity index (χ3v) is 4.05. The maximum Gasteiger partial charge on any atom is 0.270 e. The van der Waals surface area contributed by atoms with Crippen molar-refractivity contribution >= 4 is 22.4 Å². The molecule has 0 spiro atoms. The summed E-state index contributed by atoms with van der Waals surface area (Å²) in [6, 6.07) is 0. The molecule has 3 N–H and O–H groups in total. The molecular formula is C13H22N4O2S. The van der Waals surface area contributed by atoms with Crippen LogP contribution in [-0.4, -0.2) is 55.2 Å². The number of carbonyl (C=O) groups excluding carboxylic acids is 1. The van der Waals surface area contributed by atoms with Crippen LogP contribution in [0.5, 0.6) is 0 Å². The monoisotopic (exact) mass is 298 g/mol. The summed E-state index contributed by atoms with van der Waals surface area (Å²) in [5.74, 6) is -0.169. The average molecular weight is 298 g/mol. The van der Waals surface area contributed by atoms with Gasteiger partial charge in [0.2, 0.25) is 0 Å². The Kier molecular flexibility index (Phi) is 5.75. The molecule has 1 aliphatic rings. The first-order chi connectivity index (χ1) is 9.65. The fraction of sp³-hybridized carbons (Fsp3) is 0.692. The number of ether oxygens (including phenoxy) is 1. The quantitative estimate of drug-likeness (QED) is 0.765. The number of rotatable bonds is 6. The molecule has 1 aromatic heterocycles. The van der Waals surface area contributed by atoms with Crippen LogP contribution in [0.2, 0.25) is 0 Å². The van der Waals surface area contributed by atoms with Crippen LogP contribution in [0.3, 0.4) is 0 Å². The highest BCUT2D eigenvalue weighted by Crippen LogP contribution is 2.12. The van der Waals surface area contributed by atoms with E-state index < -0.39 is 0 Å². The number of hydrogen-bond acceptors (Lipinski definition) is 6. The first-order valence-corrected chi connectivity index (χ1v) is 7.82. The Labute approximate surface area is 123 Å². The number of hydrogen-bond donors (Lipinski definition) is 2. The smallest absolute Gasteiger partial charge is 0.270 e. The SMILES string of the molecule is CN1CCC(OCCCNC(=O)c2csc(N)n2)CC1. The zero-order valence-corrected chi connectivity index (χ0v) is 12.6. The van der Waals surface area contributed by atoms with E-state index in [2.05, 4.69) is 22.2 Å². The van der Waals surface area contributed by atoms with Crippen LogP contribution in [0.1, 0.15) is 29.8 Å². The molecule has 1 aliphatic heterocycles. The van der Waals surface area contributed by atoms with Crippen LogP contribution >= 0.6 is 11.3 Å². The maximum atomic E-state index is 11.7. The van der Waals surface area contributed by atoms with Crippen molar-refractivity contribution in [1.29, 1.82) is 0 Å². The van der Waals surface area contributed by atoms with Gasteiger partial charge in [-0.25, -0.2) is 4.98 Å². The number of carbonyl (C=O) groups is 1. The van der Waals surface area contributed by atoms with E-state index in [9.17, 15) is 4.79 Å². The number of anilines is 1. The minimum atomic E-state index is -0.169. The molecule has 0 atom stereocenters. The van der Waals surface area contributed by atoms with Crippen molar-refractivity contribution in [2.45, 2.75) is 25.4 Å². The van der Waals surface area contributed by atoms with E-state index in [4.69, 9.17) is 10.5 Å². The molecule has 0 saturated carbocycles. The lowest BCUT2D eigenvalue weighted by Gasteiger charge is -2.28. The summed E-state index contributed by atoms with van der Waals surface area (Å²) < 4.78 is 5.81. The van der Waals surface area contributed by atoms with Gasteiger partial charge in [-0.15, -0.1) is 11.3 Å². The molecule has 1 fully saturated rings. The van der Waals surface area contributed by atoms with Gasteiger partial charge in [-0.1, -0.05) is 0 Å². The van der Waals surface area contributed by atoms with E-state index in [1.54, 1.807) is 5.38 Å². The highest BCUT2D eigenvalue weighted by Gasteiger charge is 2.16. The van der Waals surface area contributed by atoms with E-state index in [-0.39, 0.29) is 5.91 Å². The van der Waals surface area contributed by atoms with Gasteiger partial charge in [0.15, 0.2) is 5.13 Å². The minimum Gasteiger partial charge on any atom is -0.378 e. The Morgan fingerprint density at radius 3 is 3.00 bits per heavy atom. The molecule has 112 valence electrons. The molecule has 1 aromatic rings. The Hall–Kier alpha value is -1.18. The van der Waals surface area contributed by atoms with Gasteiger partial charge in [0.25, 0.3) is 5.91 Å². The van der Waals surface area contributed by atoms with Gasteiger partial charge in [-0.2, -0.15) is 0 Å². The molecule has 20 heavy (non-hydrogen) atoms. The summed E-state index contributed by atoms with van der Waals surface area (Å²) in [7, 11) is 2.14. The van der Waals surface area contributed by atoms with Crippen molar-refractivity contribution in [2.24, 2.45) is 0 Å². The number of nitrogens with two attached hydrogens (primary N) is 1. The number of nitrogens with one attached hydrogen (secondary N) is 1. The van der Waals surface area contributed by atoms with Crippen LogP contribution < -0.4 is 11.1 Å².